The van der Waals surface area contributed by atoms with Crippen LogP contribution >= 0.6 is 12.2 Å². The number of carbonyl (C=O) groups is 1. The number of aromatic amines is 1. The van der Waals surface area contributed by atoms with Crippen molar-refractivity contribution in [1.82, 2.24) is 9.97 Å². The molecule has 2 N–H and O–H groups in total. The summed E-state index contributed by atoms with van der Waals surface area (Å²) in [4.78, 5) is 17.8. The molecule has 0 bridgehead atoms. The number of carboxylic acids is 1. The molecule has 1 saturated carbocycles. The number of hydrogen-bond acceptors (Lipinski definition) is 3. The molecule has 5 heteroatoms. The molecule has 0 aromatic carbocycles. The van der Waals surface area contributed by atoms with Gasteiger partial charge in [-0.1, -0.05) is 12.8 Å². The average Bonchev–Trinajstić information content (AvgIpc) is 2.73. The van der Waals surface area contributed by atoms with Crippen LogP contribution in [-0.2, 0) is 11.2 Å². The monoisotopic (exact) mass is 238 g/mol. The van der Waals surface area contributed by atoms with Gasteiger partial charge in [0.05, 0.1) is 6.42 Å². The lowest BCUT2D eigenvalue weighted by molar-refractivity contribution is -0.136. The van der Waals surface area contributed by atoms with Gasteiger partial charge in [0, 0.05) is 17.5 Å². The van der Waals surface area contributed by atoms with E-state index in [4.69, 9.17) is 17.3 Å². The van der Waals surface area contributed by atoms with Gasteiger partial charge in [0.15, 0.2) is 4.77 Å². The lowest BCUT2D eigenvalue weighted by Gasteiger charge is -2.13. The number of H-pyrrole nitrogens is 1. The minimum absolute atomic E-state index is 0.0188. The van der Waals surface area contributed by atoms with Crippen molar-refractivity contribution in [3.63, 3.8) is 0 Å². The molecule has 0 aliphatic heterocycles. The largest absolute Gasteiger partial charge is 0.481 e. The minimum Gasteiger partial charge on any atom is -0.481 e. The first-order valence-electron chi connectivity index (χ1n) is 5.46. The fourth-order valence-corrected chi connectivity index (χ4v) is 2.48. The fourth-order valence-electron chi connectivity index (χ4n) is 2.32. The van der Waals surface area contributed by atoms with Gasteiger partial charge in [-0.05, 0) is 31.0 Å². The summed E-state index contributed by atoms with van der Waals surface area (Å²) in [6, 6.07) is 0. The second kappa shape index (κ2) is 4.74. The Kier molecular flexibility index (Phi) is 3.33. The molecule has 86 valence electrons. The molecule has 0 spiro atoms. The van der Waals surface area contributed by atoms with E-state index in [9.17, 15) is 4.79 Å². The van der Waals surface area contributed by atoms with E-state index in [0.717, 1.165) is 24.1 Å². The average molecular weight is 238 g/mol. The van der Waals surface area contributed by atoms with Crippen LogP contribution in [0, 0.1) is 4.77 Å². The van der Waals surface area contributed by atoms with Gasteiger partial charge in [-0.3, -0.25) is 4.79 Å². The molecule has 16 heavy (non-hydrogen) atoms. The molecule has 4 nitrogen and oxygen atoms in total. The zero-order chi connectivity index (χ0) is 11.5. The summed E-state index contributed by atoms with van der Waals surface area (Å²) in [6.45, 7) is 0. The number of aromatic nitrogens is 2. The first kappa shape index (κ1) is 11.3. The lowest BCUT2D eigenvalue weighted by atomic mass is 9.98. The van der Waals surface area contributed by atoms with E-state index < -0.39 is 5.97 Å². The van der Waals surface area contributed by atoms with E-state index in [-0.39, 0.29) is 6.42 Å². The molecule has 1 fully saturated rings. The highest BCUT2D eigenvalue weighted by Crippen LogP contribution is 2.34. The van der Waals surface area contributed by atoms with Crippen LogP contribution < -0.4 is 0 Å². The standard InChI is InChI=1S/C11H14N2O2S/c14-9(15)5-8-6-12-11(16)13-10(8)7-3-1-2-4-7/h6-7H,1-5H2,(H,14,15)(H,12,13,16). The molecule has 0 radical (unpaired) electrons. The Balaban J connectivity index is 2.35. The van der Waals surface area contributed by atoms with Gasteiger partial charge in [0.1, 0.15) is 0 Å². The SMILES string of the molecule is O=C(O)Cc1cnc(=S)[nH]c1C1CCCC1. The van der Waals surface area contributed by atoms with Gasteiger partial charge in [0.25, 0.3) is 0 Å². The number of aliphatic carboxylic acids is 1. The first-order chi connectivity index (χ1) is 7.66. The van der Waals surface area contributed by atoms with Crippen molar-refractivity contribution in [1.29, 1.82) is 0 Å². The molecular formula is C11H14N2O2S. The maximum atomic E-state index is 10.8. The van der Waals surface area contributed by atoms with Gasteiger partial charge >= 0.3 is 5.97 Å². The summed E-state index contributed by atoms with van der Waals surface area (Å²) < 4.78 is 0.441. The molecule has 1 aromatic heterocycles. The molecule has 0 atom stereocenters. The quantitative estimate of drug-likeness (QED) is 0.794. The van der Waals surface area contributed by atoms with Gasteiger partial charge in [-0.2, -0.15) is 0 Å². The molecule has 0 unspecified atom stereocenters. The predicted octanol–water partition coefficient (Wildman–Crippen LogP) is 2.42. The third kappa shape index (κ3) is 2.47. The normalized spacial score (nSPS) is 16.5. The molecule has 1 aromatic rings. The maximum Gasteiger partial charge on any atom is 0.307 e. The summed E-state index contributed by atoms with van der Waals surface area (Å²) in [5.74, 6) is -0.398. The van der Waals surface area contributed by atoms with Gasteiger partial charge in [0.2, 0.25) is 0 Å². The van der Waals surface area contributed by atoms with Crippen molar-refractivity contribution in [3.8, 4) is 0 Å². The maximum absolute atomic E-state index is 10.8. The first-order valence-corrected chi connectivity index (χ1v) is 5.87. The van der Waals surface area contributed by atoms with Crippen molar-refractivity contribution >= 4 is 18.2 Å². The van der Waals surface area contributed by atoms with Crippen LogP contribution in [0.25, 0.3) is 0 Å². The van der Waals surface area contributed by atoms with Crippen LogP contribution in [0.1, 0.15) is 42.9 Å². The molecule has 2 rings (SSSR count). The molecule has 0 amide bonds. The van der Waals surface area contributed by atoms with E-state index in [1.165, 1.54) is 12.8 Å². The van der Waals surface area contributed by atoms with Crippen molar-refractivity contribution in [2.24, 2.45) is 0 Å². The van der Waals surface area contributed by atoms with Crippen LogP contribution in [0.15, 0.2) is 6.20 Å². The summed E-state index contributed by atoms with van der Waals surface area (Å²) in [5.41, 5.74) is 1.76. The number of rotatable bonds is 3. The Morgan fingerprint density at radius 1 is 1.56 bits per heavy atom. The Morgan fingerprint density at radius 2 is 2.25 bits per heavy atom. The highest BCUT2D eigenvalue weighted by molar-refractivity contribution is 7.71. The van der Waals surface area contributed by atoms with Gasteiger partial charge in [-0.25, -0.2) is 4.98 Å². The lowest BCUT2D eigenvalue weighted by Crippen LogP contribution is -2.09. The Bertz CT molecular complexity index is 450. The zero-order valence-electron chi connectivity index (χ0n) is 8.90. The number of nitrogens with one attached hydrogen (secondary N) is 1. The second-order valence-electron chi connectivity index (χ2n) is 4.18. The minimum atomic E-state index is -0.827. The number of hydrogen-bond donors (Lipinski definition) is 2. The molecule has 1 heterocycles. The van der Waals surface area contributed by atoms with Crippen LogP contribution in [0.2, 0.25) is 0 Å². The fraction of sp³-hybridized carbons (Fsp3) is 0.545. The molecular weight excluding hydrogens is 224 g/mol. The zero-order valence-corrected chi connectivity index (χ0v) is 9.72. The second-order valence-corrected chi connectivity index (χ2v) is 4.57. The van der Waals surface area contributed by atoms with Crippen molar-refractivity contribution < 1.29 is 9.90 Å². The Hall–Kier alpha value is -1.23. The smallest absolute Gasteiger partial charge is 0.307 e. The number of nitrogens with zero attached hydrogens (tertiary/aromatic N) is 1. The molecule has 0 saturated heterocycles. The van der Waals surface area contributed by atoms with E-state index in [1.54, 1.807) is 6.20 Å². The molecule has 1 aliphatic rings. The van der Waals surface area contributed by atoms with Crippen LogP contribution in [-0.4, -0.2) is 21.0 Å². The van der Waals surface area contributed by atoms with E-state index >= 15 is 0 Å². The van der Waals surface area contributed by atoms with Crippen molar-refractivity contribution in [2.45, 2.75) is 38.0 Å². The summed E-state index contributed by atoms with van der Waals surface area (Å²) in [5, 5.41) is 8.84. The van der Waals surface area contributed by atoms with Crippen LogP contribution in [0.5, 0.6) is 0 Å². The summed E-state index contributed by atoms with van der Waals surface area (Å²) in [7, 11) is 0. The predicted molar refractivity (Wildman–Crippen MR) is 62.0 cm³/mol. The van der Waals surface area contributed by atoms with E-state index in [1.807, 2.05) is 0 Å². The summed E-state index contributed by atoms with van der Waals surface area (Å²) in [6.07, 6.45) is 6.26. The highest BCUT2D eigenvalue weighted by atomic mass is 32.1. The van der Waals surface area contributed by atoms with Crippen molar-refractivity contribution in [2.75, 3.05) is 0 Å². The Labute approximate surface area is 98.7 Å². The topological polar surface area (TPSA) is 66.0 Å². The highest BCUT2D eigenvalue weighted by Gasteiger charge is 2.21. The van der Waals surface area contributed by atoms with Gasteiger partial charge < -0.3 is 10.1 Å². The van der Waals surface area contributed by atoms with E-state index in [2.05, 4.69) is 9.97 Å². The van der Waals surface area contributed by atoms with Crippen LogP contribution in [0.4, 0.5) is 0 Å². The number of carboxylic acid groups (broad SMARTS) is 1. The third-order valence-corrected chi connectivity index (χ3v) is 3.24. The van der Waals surface area contributed by atoms with Gasteiger partial charge in [-0.15, -0.1) is 0 Å². The third-order valence-electron chi connectivity index (χ3n) is 3.03. The Morgan fingerprint density at radius 3 is 2.88 bits per heavy atom. The summed E-state index contributed by atoms with van der Waals surface area (Å²) >= 11 is 4.99. The van der Waals surface area contributed by atoms with Crippen molar-refractivity contribution in [3.05, 3.63) is 22.2 Å². The molecule has 1 aliphatic carbocycles. The van der Waals surface area contributed by atoms with E-state index in [0.29, 0.717) is 10.7 Å². The van der Waals surface area contributed by atoms with Crippen LogP contribution in [0.3, 0.4) is 0 Å².